The summed E-state index contributed by atoms with van der Waals surface area (Å²) in [7, 11) is 0. The summed E-state index contributed by atoms with van der Waals surface area (Å²) in [5.41, 5.74) is 3.05. The first-order valence-corrected chi connectivity index (χ1v) is 10.5. The van der Waals surface area contributed by atoms with Crippen molar-refractivity contribution in [2.45, 2.75) is 53.2 Å². The minimum atomic E-state index is -0.615. The van der Waals surface area contributed by atoms with Gasteiger partial charge in [-0.2, -0.15) is 0 Å². The van der Waals surface area contributed by atoms with Crippen molar-refractivity contribution < 1.29 is 14.3 Å². The second-order valence-electron chi connectivity index (χ2n) is 7.54. The lowest BCUT2D eigenvalue weighted by atomic mass is 10.1. The molecule has 2 aromatic rings. The highest BCUT2D eigenvalue weighted by atomic mass is 79.9. The molecule has 0 unspecified atom stereocenters. The molecule has 0 heterocycles. The fourth-order valence-corrected chi connectivity index (χ4v) is 3.22. The molecule has 1 N–H and O–H groups in total. The summed E-state index contributed by atoms with van der Waals surface area (Å²) in [5, 5.41) is 2.88. The molecule has 0 saturated carbocycles. The Morgan fingerprint density at radius 3 is 2.31 bits per heavy atom. The predicted octanol–water partition coefficient (Wildman–Crippen LogP) is 4.39. The zero-order chi connectivity index (χ0) is 21.6. The van der Waals surface area contributed by atoms with Crippen molar-refractivity contribution in [3.63, 3.8) is 0 Å². The monoisotopic (exact) mass is 460 g/mol. The highest BCUT2D eigenvalue weighted by Gasteiger charge is 2.27. The van der Waals surface area contributed by atoms with E-state index in [0.29, 0.717) is 12.3 Å². The number of rotatable bonds is 8. The first-order valence-electron chi connectivity index (χ1n) is 9.71. The van der Waals surface area contributed by atoms with Gasteiger partial charge in [-0.1, -0.05) is 45.8 Å². The van der Waals surface area contributed by atoms with Gasteiger partial charge in [0.2, 0.25) is 5.91 Å². The highest BCUT2D eigenvalue weighted by Crippen LogP contribution is 2.19. The maximum Gasteiger partial charge on any atom is 0.261 e. The third-order valence-corrected chi connectivity index (χ3v) is 5.07. The summed E-state index contributed by atoms with van der Waals surface area (Å²) >= 11 is 3.42. The number of carbonyl (C=O) groups excluding carboxylic acids is 2. The van der Waals surface area contributed by atoms with Gasteiger partial charge in [0.25, 0.3) is 5.91 Å². The van der Waals surface area contributed by atoms with Crippen LogP contribution in [0.25, 0.3) is 0 Å². The zero-order valence-corrected chi connectivity index (χ0v) is 19.2. The van der Waals surface area contributed by atoms with Crippen LogP contribution in [-0.2, 0) is 16.1 Å². The van der Waals surface area contributed by atoms with Gasteiger partial charge < -0.3 is 15.0 Å². The Hall–Kier alpha value is -2.34. The Balaban J connectivity index is 2.16. The Morgan fingerprint density at radius 2 is 1.72 bits per heavy atom. The lowest BCUT2D eigenvalue weighted by Crippen LogP contribution is -2.50. The largest absolute Gasteiger partial charge is 0.483 e. The van der Waals surface area contributed by atoms with E-state index in [9.17, 15) is 9.59 Å². The molecule has 6 heteroatoms. The van der Waals surface area contributed by atoms with E-state index in [-0.39, 0.29) is 24.5 Å². The predicted molar refractivity (Wildman–Crippen MR) is 119 cm³/mol. The quantitative estimate of drug-likeness (QED) is 0.635. The standard InChI is InChI=1S/C23H29BrN2O3/c1-15(2)25-23(28)18(5)26(13-19-7-9-20(24)10-8-19)22(27)14-29-21-11-6-16(3)12-17(21)4/h6-12,15,18H,13-14H2,1-5H3,(H,25,28)/t18-/m0/s1. The molecule has 0 aliphatic heterocycles. The molecule has 2 aromatic carbocycles. The Labute approximate surface area is 181 Å². The number of nitrogens with zero attached hydrogens (tertiary/aromatic N) is 1. The average molecular weight is 461 g/mol. The van der Waals surface area contributed by atoms with Crippen LogP contribution in [0.1, 0.15) is 37.5 Å². The second kappa shape index (κ2) is 10.4. The molecule has 5 nitrogen and oxygen atoms in total. The van der Waals surface area contributed by atoms with Crippen LogP contribution in [0, 0.1) is 13.8 Å². The SMILES string of the molecule is Cc1ccc(OCC(=O)N(Cc2ccc(Br)cc2)[C@@H](C)C(=O)NC(C)C)c(C)c1. The van der Waals surface area contributed by atoms with E-state index < -0.39 is 6.04 Å². The summed E-state index contributed by atoms with van der Waals surface area (Å²) in [6.45, 7) is 9.70. The first kappa shape index (κ1) is 22.9. The second-order valence-corrected chi connectivity index (χ2v) is 8.46. The molecule has 0 spiro atoms. The van der Waals surface area contributed by atoms with Gasteiger partial charge in [0.1, 0.15) is 11.8 Å². The number of ether oxygens (including phenoxy) is 1. The maximum absolute atomic E-state index is 13.0. The summed E-state index contributed by atoms with van der Waals surface area (Å²) in [4.78, 5) is 27.1. The van der Waals surface area contributed by atoms with Gasteiger partial charge in [0.05, 0.1) is 0 Å². The molecule has 0 saturated heterocycles. The van der Waals surface area contributed by atoms with Gasteiger partial charge in [0, 0.05) is 17.1 Å². The third kappa shape index (κ3) is 6.89. The van der Waals surface area contributed by atoms with Crippen LogP contribution in [0.15, 0.2) is 46.9 Å². The molecule has 2 rings (SSSR count). The van der Waals surface area contributed by atoms with Crippen LogP contribution in [-0.4, -0.2) is 35.4 Å². The Kier molecular flexibility index (Phi) is 8.26. The van der Waals surface area contributed by atoms with Crippen LogP contribution in [0.4, 0.5) is 0 Å². The zero-order valence-electron chi connectivity index (χ0n) is 17.7. The number of aryl methyl sites for hydroxylation is 2. The molecule has 0 aliphatic carbocycles. The minimum absolute atomic E-state index is 0.000964. The maximum atomic E-state index is 13.0. The highest BCUT2D eigenvalue weighted by molar-refractivity contribution is 9.10. The van der Waals surface area contributed by atoms with Gasteiger partial charge in [-0.3, -0.25) is 9.59 Å². The summed E-state index contributed by atoms with van der Waals surface area (Å²) in [6.07, 6.45) is 0. The van der Waals surface area contributed by atoms with Crippen LogP contribution < -0.4 is 10.1 Å². The van der Waals surface area contributed by atoms with Crippen molar-refractivity contribution in [2.75, 3.05) is 6.61 Å². The molecule has 0 radical (unpaired) electrons. The number of hydrogen-bond acceptors (Lipinski definition) is 3. The van der Waals surface area contributed by atoms with E-state index >= 15 is 0 Å². The van der Waals surface area contributed by atoms with E-state index in [0.717, 1.165) is 21.2 Å². The van der Waals surface area contributed by atoms with Crippen molar-refractivity contribution in [2.24, 2.45) is 0 Å². The van der Waals surface area contributed by atoms with Crippen LogP contribution in [0.3, 0.4) is 0 Å². The van der Waals surface area contributed by atoms with Crippen molar-refractivity contribution >= 4 is 27.7 Å². The van der Waals surface area contributed by atoms with Crippen molar-refractivity contribution in [1.82, 2.24) is 10.2 Å². The lowest BCUT2D eigenvalue weighted by molar-refractivity contribution is -0.142. The molecule has 156 valence electrons. The van der Waals surface area contributed by atoms with Gasteiger partial charge in [-0.25, -0.2) is 0 Å². The smallest absolute Gasteiger partial charge is 0.261 e. The molecular formula is C23H29BrN2O3. The van der Waals surface area contributed by atoms with Gasteiger partial charge in [-0.05, 0) is 63.9 Å². The molecule has 0 aliphatic rings. The molecule has 0 aromatic heterocycles. The number of amides is 2. The molecule has 0 fully saturated rings. The van der Waals surface area contributed by atoms with E-state index in [4.69, 9.17) is 4.74 Å². The van der Waals surface area contributed by atoms with Crippen LogP contribution in [0.5, 0.6) is 5.75 Å². The average Bonchev–Trinajstić information content (AvgIpc) is 2.65. The number of nitrogens with one attached hydrogen (secondary N) is 1. The van der Waals surface area contributed by atoms with Crippen molar-refractivity contribution in [1.29, 1.82) is 0 Å². The van der Waals surface area contributed by atoms with Gasteiger partial charge >= 0.3 is 0 Å². The fourth-order valence-electron chi connectivity index (χ4n) is 2.96. The molecular weight excluding hydrogens is 432 g/mol. The number of carbonyl (C=O) groups is 2. The van der Waals surface area contributed by atoms with Crippen LogP contribution in [0.2, 0.25) is 0 Å². The van der Waals surface area contributed by atoms with Crippen LogP contribution >= 0.6 is 15.9 Å². The summed E-state index contributed by atoms with van der Waals surface area (Å²) in [6, 6.07) is 12.9. The van der Waals surface area contributed by atoms with Gasteiger partial charge in [0.15, 0.2) is 6.61 Å². The minimum Gasteiger partial charge on any atom is -0.483 e. The van der Waals surface area contributed by atoms with E-state index in [1.807, 2.05) is 70.2 Å². The Morgan fingerprint density at radius 1 is 1.07 bits per heavy atom. The number of hydrogen-bond donors (Lipinski definition) is 1. The first-order chi connectivity index (χ1) is 13.7. The molecule has 1 atom stereocenters. The third-order valence-electron chi connectivity index (χ3n) is 4.55. The van der Waals surface area contributed by atoms with Gasteiger partial charge in [-0.15, -0.1) is 0 Å². The Bertz CT molecular complexity index is 850. The molecule has 29 heavy (non-hydrogen) atoms. The normalized spacial score (nSPS) is 11.8. The summed E-state index contributed by atoms with van der Waals surface area (Å²) < 4.78 is 6.73. The fraction of sp³-hybridized carbons (Fsp3) is 0.391. The lowest BCUT2D eigenvalue weighted by Gasteiger charge is -2.29. The van der Waals surface area contributed by atoms with E-state index in [2.05, 4.69) is 21.2 Å². The molecule has 2 amide bonds. The number of halogens is 1. The van der Waals surface area contributed by atoms with E-state index in [1.54, 1.807) is 11.8 Å². The summed E-state index contributed by atoms with van der Waals surface area (Å²) in [5.74, 6) is 0.253. The van der Waals surface area contributed by atoms with Crippen molar-refractivity contribution in [3.05, 3.63) is 63.6 Å². The van der Waals surface area contributed by atoms with E-state index in [1.165, 1.54) is 0 Å². The topological polar surface area (TPSA) is 58.6 Å². The number of benzene rings is 2. The van der Waals surface area contributed by atoms with Crippen molar-refractivity contribution in [3.8, 4) is 5.75 Å². The molecule has 0 bridgehead atoms.